The molecule has 0 bridgehead atoms. The van der Waals surface area contributed by atoms with E-state index in [1.165, 1.54) is 6.07 Å². The summed E-state index contributed by atoms with van der Waals surface area (Å²) in [6, 6.07) is 12.0. The van der Waals surface area contributed by atoms with Gasteiger partial charge in [-0.15, -0.1) is 0 Å². The molecule has 1 aliphatic rings. The van der Waals surface area contributed by atoms with Crippen molar-refractivity contribution in [1.29, 1.82) is 0 Å². The quantitative estimate of drug-likeness (QED) is 0.469. The van der Waals surface area contributed by atoms with E-state index in [0.717, 1.165) is 42.5 Å². The van der Waals surface area contributed by atoms with Gasteiger partial charge >= 0.3 is 12.1 Å². The first-order chi connectivity index (χ1) is 13.8. The number of rotatable bonds is 6. The van der Waals surface area contributed by atoms with Crippen LogP contribution >= 0.6 is 11.9 Å². The Morgan fingerprint density at radius 1 is 1.10 bits per heavy atom. The maximum atomic E-state index is 13.2. The monoisotopic (exact) mass is 418 g/mol. The smallest absolute Gasteiger partial charge is 0.416 e. The van der Waals surface area contributed by atoms with Crippen molar-refractivity contribution in [3.8, 4) is 5.69 Å². The molecule has 0 amide bonds. The number of aromatic carboxylic acids is 1. The van der Waals surface area contributed by atoms with Gasteiger partial charge in [0.05, 0.1) is 22.5 Å². The Morgan fingerprint density at radius 2 is 1.83 bits per heavy atom. The number of hydrogen-bond acceptors (Lipinski definition) is 3. The second kappa shape index (κ2) is 7.51. The van der Waals surface area contributed by atoms with Crippen molar-refractivity contribution >= 4 is 23.6 Å². The second-order valence-electron chi connectivity index (χ2n) is 6.86. The van der Waals surface area contributed by atoms with Crippen LogP contribution in [-0.2, 0) is 6.18 Å². The van der Waals surface area contributed by atoms with Crippen molar-refractivity contribution in [2.45, 2.75) is 29.8 Å². The summed E-state index contributed by atoms with van der Waals surface area (Å²) in [5, 5.41) is 9.28. The van der Waals surface area contributed by atoms with Crippen molar-refractivity contribution < 1.29 is 23.1 Å². The van der Waals surface area contributed by atoms with E-state index in [-0.39, 0.29) is 5.56 Å². The molecule has 150 valence electrons. The van der Waals surface area contributed by atoms with Gasteiger partial charge in [0, 0.05) is 17.3 Å². The molecule has 4 rings (SSSR count). The first-order valence-electron chi connectivity index (χ1n) is 8.97. The molecule has 0 aliphatic heterocycles. The molecule has 1 saturated carbocycles. The minimum Gasteiger partial charge on any atom is -0.478 e. The summed E-state index contributed by atoms with van der Waals surface area (Å²) in [5.41, 5.74) is 1.27. The van der Waals surface area contributed by atoms with E-state index in [1.54, 1.807) is 47.3 Å². The fourth-order valence-electron chi connectivity index (χ4n) is 3.11. The molecular formula is C21H17F3N2O2S. The van der Waals surface area contributed by atoms with E-state index in [1.807, 2.05) is 0 Å². The highest BCUT2D eigenvalue weighted by Crippen LogP contribution is 2.45. The molecule has 1 aromatic heterocycles. The van der Waals surface area contributed by atoms with E-state index in [9.17, 15) is 23.1 Å². The van der Waals surface area contributed by atoms with Gasteiger partial charge in [-0.05, 0) is 78.7 Å². The summed E-state index contributed by atoms with van der Waals surface area (Å²) in [4.78, 5) is 12.0. The van der Waals surface area contributed by atoms with Crippen molar-refractivity contribution in [3.63, 3.8) is 0 Å². The molecular weight excluding hydrogens is 401 g/mol. The summed E-state index contributed by atoms with van der Waals surface area (Å²) in [6.07, 6.45) is 1.09. The zero-order chi connectivity index (χ0) is 20.6. The van der Waals surface area contributed by atoms with Gasteiger partial charge in [-0.2, -0.15) is 13.2 Å². The SMILES string of the molecule is O=C(O)c1ccc(C2CC2)c(SNc2cc(C(F)(F)F)ccc2-n2cccc2)c1. The van der Waals surface area contributed by atoms with Crippen LogP contribution in [-0.4, -0.2) is 15.6 Å². The summed E-state index contributed by atoms with van der Waals surface area (Å²) in [7, 11) is 0. The summed E-state index contributed by atoms with van der Waals surface area (Å²) in [6.45, 7) is 0. The molecule has 1 heterocycles. The minimum absolute atomic E-state index is 0.147. The standard InChI is InChI=1S/C21H17F3N2O2S/c22-21(23,24)15-6-8-18(26-9-1-2-10-26)17(12-15)25-29-19-11-14(20(27)28)5-7-16(19)13-3-4-13/h1-2,5-13,25H,3-4H2,(H,27,28). The van der Waals surface area contributed by atoms with Crippen LogP contribution in [0.5, 0.6) is 0 Å². The largest absolute Gasteiger partial charge is 0.478 e. The van der Waals surface area contributed by atoms with Gasteiger partial charge in [0.25, 0.3) is 0 Å². The number of nitrogens with one attached hydrogen (secondary N) is 1. The maximum absolute atomic E-state index is 13.2. The number of carbonyl (C=O) groups is 1. The van der Waals surface area contributed by atoms with Gasteiger partial charge < -0.3 is 14.4 Å². The van der Waals surface area contributed by atoms with Gasteiger partial charge in [-0.1, -0.05) is 6.07 Å². The summed E-state index contributed by atoms with van der Waals surface area (Å²) in [5.74, 6) is -0.672. The number of benzene rings is 2. The Balaban J connectivity index is 1.69. The van der Waals surface area contributed by atoms with Gasteiger partial charge in [0.15, 0.2) is 0 Å². The lowest BCUT2D eigenvalue weighted by Gasteiger charge is -2.17. The van der Waals surface area contributed by atoms with Gasteiger partial charge in [0.1, 0.15) is 0 Å². The van der Waals surface area contributed by atoms with E-state index in [2.05, 4.69) is 4.72 Å². The van der Waals surface area contributed by atoms with Crippen LogP contribution in [0.2, 0.25) is 0 Å². The molecule has 29 heavy (non-hydrogen) atoms. The van der Waals surface area contributed by atoms with Crippen LogP contribution in [0.25, 0.3) is 5.69 Å². The number of anilines is 1. The number of aromatic nitrogens is 1. The zero-order valence-corrected chi connectivity index (χ0v) is 15.9. The van der Waals surface area contributed by atoms with Gasteiger partial charge in [-0.25, -0.2) is 4.79 Å². The third-order valence-electron chi connectivity index (χ3n) is 4.76. The lowest BCUT2D eigenvalue weighted by Crippen LogP contribution is -2.07. The normalized spacial score (nSPS) is 14.0. The average Bonchev–Trinajstić information content (AvgIpc) is 3.38. The van der Waals surface area contributed by atoms with Crippen LogP contribution in [0.3, 0.4) is 0 Å². The molecule has 0 saturated heterocycles. The zero-order valence-electron chi connectivity index (χ0n) is 15.1. The van der Waals surface area contributed by atoms with Crippen molar-refractivity contribution in [2.75, 3.05) is 4.72 Å². The highest BCUT2D eigenvalue weighted by atomic mass is 32.2. The van der Waals surface area contributed by atoms with Crippen LogP contribution < -0.4 is 4.72 Å². The molecule has 2 N–H and O–H groups in total. The third kappa shape index (κ3) is 4.27. The van der Waals surface area contributed by atoms with Crippen LogP contribution in [0.15, 0.2) is 65.8 Å². The number of carboxylic acids is 1. The highest BCUT2D eigenvalue weighted by Gasteiger charge is 2.31. The van der Waals surface area contributed by atoms with Gasteiger partial charge in [-0.3, -0.25) is 0 Å². The molecule has 0 atom stereocenters. The van der Waals surface area contributed by atoms with Crippen molar-refractivity contribution in [3.05, 3.63) is 77.6 Å². The van der Waals surface area contributed by atoms with E-state index >= 15 is 0 Å². The topological polar surface area (TPSA) is 54.3 Å². The fourth-order valence-corrected chi connectivity index (χ4v) is 4.03. The lowest BCUT2D eigenvalue weighted by atomic mass is 10.1. The first-order valence-corrected chi connectivity index (χ1v) is 9.79. The Bertz CT molecular complexity index is 1040. The molecule has 2 aromatic carbocycles. The molecule has 4 nitrogen and oxygen atoms in total. The molecule has 8 heteroatoms. The highest BCUT2D eigenvalue weighted by molar-refractivity contribution is 8.00. The predicted molar refractivity (Wildman–Crippen MR) is 106 cm³/mol. The van der Waals surface area contributed by atoms with Gasteiger partial charge in [0.2, 0.25) is 0 Å². The number of hydrogen-bond donors (Lipinski definition) is 2. The molecule has 0 radical (unpaired) electrons. The molecule has 0 spiro atoms. The van der Waals surface area contributed by atoms with Crippen LogP contribution in [0, 0.1) is 0 Å². The Labute approximate surface area is 169 Å². The Hall–Kier alpha value is -2.87. The lowest BCUT2D eigenvalue weighted by molar-refractivity contribution is -0.137. The number of halogens is 3. The number of carboxylic acid groups (broad SMARTS) is 1. The second-order valence-corrected chi connectivity index (χ2v) is 7.70. The van der Waals surface area contributed by atoms with E-state index in [0.29, 0.717) is 22.2 Å². The molecule has 3 aromatic rings. The number of nitrogens with zero attached hydrogens (tertiary/aromatic N) is 1. The van der Waals surface area contributed by atoms with Crippen LogP contribution in [0.4, 0.5) is 18.9 Å². The summed E-state index contributed by atoms with van der Waals surface area (Å²) >= 11 is 1.14. The number of alkyl halides is 3. The predicted octanol–water partition coefficient (Wildman–Crippen LogP) is 6.19. The van der Waals surface area contributed by atoms with Crippen molar-refractivity contribution in [2.24, 2.45) is 0 Å². The first kappa shape index (κ1) is 19.4. The van der Waals surface area contributed by atoms with Crippen LogP contribution in [0.1, 0.15) is 40.2 Å². The van der Waals surface area contributed by atoms with E-state index < -0.39 is 17.7 Å². The summed E-state index contributed by atoms with van der Waals surface area (Å²) < 4.78 is 44.4. The maximum Gasteiger partial charge on any atom is 0.416 e. The fraction of sp³-hybridized carbons (Fsp3) is 0.190. The Morgan fingerprint density at radius 3 is 2.45 bits per heavy atom. The third-order valence-corrected chi connectivity index (χ3v) is 5.65. The molecule has 1 fully saturated rings. The minimum atomic E-state index is -4.46. The average molecular weight is 418 g/mol. The van der Waals surface area contributed by atoms with E-state index in [4.69, 9.17) is 0 Å². The molecule has 1 aliphatic carbocycles. The molecule has 0 unspecified atom stereocenters. The van der Waals surface area contributed by atoms with Crippen molar-refractivity contribution in [1.82, 2.24) is 4.57 Å². The Kier molecular flexibility index (Phi) is 5.04.